The van der Waals surface area contributed by atoms with E-state index in [-0.39, 0.29) is 22.4 Å². The number of nitro benzene ring substituents is 2. The molecule has 0 saturated heterocycles. The third-order valence-electron chi connectivity index (χ3n) is 6.20. The Morgan fingerprint density at radius 2 is 1.00 bits per heavy atom. The standard InChI is InChI=1S/C24H30N8O6S2/c33-31(34)19-11-9-17(21-23(19)29-37-27-21)25-13-5-1-3-7-15-39-40-16-8-4-2-6-14-26-18-10-12-20(32(35)36)24-22(18)28-38-30-24/h9-12,25-26H,1-8,13-16H2. The third kappa shape index (κ3) is 7.94. The summed E-state index contributed by atoms with van der Waals surface area (Å²) in [4.78, 5) is 21.2. The molecular weight excluding hydrogens is 560 g/mol. The highest BCUT2D eigenvalue weighted by Gasteiger charge is 2.20. The molecule has 0 aliphatic carbocycles. The number of fused-ring (bicyclic) bond motifs is 2. The van der Waals surface area contributed by atoms with E-state index in [1.807, 2.05) is 21.6 Å². The van der Waals surface area contributed by atoms with Gasteiger partial charge in [-0.2, -0.15) is 0 Å². The molecular formula is C24H30N8O6S2. The fourth-order valence-corrected chi connectivity index (χ4v) is 6.42. The van der Waals surface area contributed by atoms with Crippen LogP contribution in [0.2, 0.25) is 0 Å². The lowest BCUT2D eigenvalue weighted by Gasteiger charge is -2.07. The van der Waals surface area contributed by atoms with Crippen molar-refractivity contribution < 1.29 is 19.1 Å². The largest absolute Gasteiger partial charge is 0.383 e. The van der Waals surface area contributed by atoms with E-state index in [2.05, 4.69) is 40.5 Å². The predicted molar refractivity (Wildman–Crippen MR) is 156 cm³/mol. The topological polar surface area (TPSA) is 188 Å². The van der Waals surface area contributed by atoms with Gasteiger partial charge in [-0.25, -0.2) is 9.26 Å². The Hall–Kier alpha value is -3.66. The summed E-state index contributed by atoms with van der Waals surface area (Å²) < 4.78 is 9.37. The molecule has 0 bridgehead atoms. The minimum absolute atomic E-state index is 0.112. The first-order valence-electron chi connectivity index (χ1n) is 13.1. The van der Waals surface area contributed by atoms with Crippen molar-refractivity contribution in [2.45, 2.75) is 51.4 Å². The molecule has 214 valence electrons. The quantitative estimate of drug-likeness (QED) is 0.0514. The van der Waals surface area contributed by atoms with Crippen LogP contribution in [0.1, 0.15) is 51.4 Å². The molecule has 0 saturated carbocycles. The molecule has 0 aliphatic heterocycles. The highest BCUT2D eigenvalue weighted by molar-refractivity contribution is 8.76. The van der Waals surface area contributed by atoms with Gasteiger partial charge in [-0.05, 0) is 58.4 Å². The molecule has 0 aliphatic rings. The van der Waals surface area contributed by atoms with Crippen molar-refractivity contribution in [2.75, 3.05) is 35.2 Å². The maximum atomic E-state index is 11.1. The number of nitrogens with zero attached hydrogens (tertiary/aromatic N) is 6. The van der Waals surface area contributed by atoms with Crippen LogP contribution in [0.25, 0.3) is 22.1 Å². The van der Waals surface area contributed by atoms with Crippen LogP contribution in [-0.2, 0) is 0 Å². The average molecular weight is 591 g/mol. The Bertz CT molecular complexity index is 1310. The Morgan fingerprint density at radius 3 is 1.43 bits per heavy atom. The van der Waals surface area contributed by atoms with Gasteiger partial charge in [-0.15, -0.1) is 0 Å². The molecule has 2 N–H and O–H groups in total. The molecule has 0 radical (unpaired) electrons. The van der Waals surface area contributed by atoms with Gasteiger partial charge in [0.25, 0.3) is 0 Å². The maximum absolute atomic E-state index is 11.1. The zero-order chi connectivity index (χ0) is 28.2. The molecule has 0 amide bonds. The van der Waals surface area contributed by atoms with Gasteiger partial charge in [-0.3, -0.25) is 20.2 Å². The number of anilines is 2. The molecule has 0 fully saturated rings. The van der Waals surface area contributed by atoms with Crippen LogP contribution in [0.15, 0.2) is 33.5 Å². The Kier molecular flexibility index (Phi) is 11.2. The van der Waals surface area contributed by atoms with E-state index in [1.165, 1.54) is 25.0 Å². The van der Waals surface area contributed by atoms with E-state index in [1.54, 1.807) is 12.1 Å². The maximum Gasteiger partial charge on any atom is 0.300 e. The number of rotatable bonds is 19. The first-order chi connectivity index (χ1) is 19.6. The van der Waals surface area contributed by atoms with E-state index in [4.69, 9.17) is 0 Å². The van der Waals surface area contributed by atoms with Crippen molar-refractivity contribution in [1.29, 1.82) is 0 Å². The fourth-order valence-electron chi connectivity index (χ4n) is 4.13. The summed E-state index contributed by atoms with van der Waals surface area (Å²) in [6.07, 6.45) is 8.90. The minimum Gasteiger partial charge on any atom is -0.383 e. The van der Waals surface area contributed by atoms with Crippen LogP contribution in [0, 0.1) is 20.2 Å². The smallest absolute Gasteiger partial charge is 0.300 e. The number of nitrogens with one attached hydrogen (secondary N) is 2. The van der Waals surface area contributed by atoms with Crippen LogP contribution in [0.4, 0.5) is 22.7 Å². The van der Waals surface area contributed by atoms with Gasteiger partial charge in [0.15, 0.2) is 11.0 Å². The lowest BCUT2D eigenvalue weighted by molar-refractivity contribution is -0.383. The number of nitro groups is 2. The number of benzene rings is 2. The molecule has 14 nitrogen and oxygen atoms in total. The second-order valence-electron chi connectivity index (χ2n) is 9.03. The second-order valence-corrected chi connectivity index (χ2v) is 11.7. The van der Waals surface area contributed by atoms with Crippen LogP contribution >= 0.6 is 21.6 Å². The summed E-state index contributed by atoms with van der Waals surface area (Å²) in [5.41, 5.74) is 2.25. The van der Waals surface area contributed by atoms with Crippen molar-refractivity contribution in [1.82, 2.24) is 20.6 Å². The SMILES string of the molecule is O=[N+]([O-])c1ccc(NCCCCCCSSCCCCCCNc2ccc([N+](=O)[O-])c3nonc23)c2nonc12. The number of unbranched alkanes of at least 4 members (excludes halogenated alkanes) is 6. The van der Waals surface area contributed by atoms with Gasteiger partial charge < -0.3 is 10.6 Å². The average Bonchev–Trinajstić information content (AvgIpc) is 3.63. The van der Waals surface area contributed by atoms with Crippen molar-refractivity contribution in [3.8, 4) is 0 Å². The molecule has 0 spiro atoms. The number of hydrogen-bond donors (Lipinski definition) is 2. The summed E-state index contributed by atoms with van der Waals surface area (Å²) in [6.45, 7) is 1.51. The van der Waals surface area contributed by atoms with Gasteiger partial charge in [0.2, 0.25) is 11.0 Å². The summed E-state index contributed by atoms with van der Waals surface area (Å²) in [5, 5.41) is 43.6. The molecule has 4 aromatic rings. The molecule has 4 rings (SSSR count). The Morgan fingerprint density at radius 1 is 0.600 bits per heavy atom. The van der Waals surface area contributed by atoms with E-state index >= 15 is 0 Å². The predicted octanol–water partition coefficient (Wildman–Crippen LogP) is 6.60. The van der Waals surface area contributed by atoms with Gasteiger partial charge in [0.05, 0.1) is 21.2 Å². The van der Waals surface area contributed by atoms with Gasteiger partial charge in [-0.1, -0.05) is 47.3 Å². The zero-order valence-electron chi connectivity index (χ0n) is 21.7. The van der Waals surface area contributed by atoms with E-state index in [0.29, 0.717) is 22.4 Å². The van der Waals surface area contributed by atoms with Crippen molar-refractivity contribution in [3.63, 3.8) is 0 Å². The van der Waals surface area contributed by atoms with Crippen LogP contribution in [-0.4, -0.2) is 55.1 Å². The van der Waals surface area contributed by atoms with E-state index in [0.717, 1.165) is 63.1 Å². The Labute approximate surface area is 237 Å². The summed E-state index contributed by atoms with van der Waals surface area (Å²) in [6, 6.07) is 6.12. The van der Waals surface area contributed by atoms with E-state index in [9.17, 15) is 20.2 Å². The summed E-state index contributed by atoms with van der Waals surface area (Å²) in [5.74, 6) is 2.27. The number of hydrogen-bond acceptors (Lipinski definition) is 14. The highest BCUT2D eigenvalue weighted by atomic mass is 33.1. The fraction of sp³-hybridized carbons (Fsp3) is 0.500. The first-order valence-corrected chi connectivity index (χ1v) is 15.6. The lowest BCUT2D eigenvalue weighted by Crippen LogP contribution is -2.03. The normalized spacial score (nSPS) is 11.3. The van der Waals surface area contributed by atoms with Crippen molar-refractivity contribution in [2.24, 2.45) is 0 Å². The molecule has 2 heterocycles. The first kappa shape index (κ1) is 29.3. The molecule has 2 aromatic carbocycles. The molecule has 2 aromatic heterocycles. The molecule has 16 heteroatoms. The van der Waals surface area contributed by atoms with Gasteiger partial charge in [0.1, 0.15) is 0 Å². The monoisotopic (exact) mass is 590 g/mol. The zero-order valence-corrected chi connectivity index (χ0v) is 23.4. The minimum atomic E-state index is -0.491. The highest BCUT2D eigenvalue weighted by Crippen LogP contribution is 2.30. The van der Waals surface area contributed by atoms with Crippen molar-refractivity contribution >= 4 is 66.4 Å². The summed E-state index contributed by atoms with van der Waals surface area (Å²) in [7, 11) is 3.86. The Balaban J connectivity index is 0.961. The molecule has 0 unspecified atom stereocenters. The van der Waals surface area contributed by atoms with Crippen LogP contribution in [0.3, 0.4) is 0 Å². The lowest BCUT2D eigenvalue weighted by atomic mass is 10.2. The van der Waals surface area contributed by atoms with Crippen LogP contribution < -0.4 is 10.6 Å². The summed E-state index contributed by atoms with van der Waals surface area (Å²) >= 11 is 0. The number of aromatic nitrogens is 4. The van der Waals surface area contributed by atoms with Crippen molar-refractivity contribution in [3.05, 3.63) is 44.5 Å². The van der Waals surface area contributed by atoms with Crippen LogP contribution in [0.5, 0.6) is 0 Å². The molecule has 0 atom stereocenters. The number of non-ortho nitro benzene ring substituents is 2. The molecule has 40 heavy (non-hydrogen) atoms. The second kappa shape index (κ2) is 15.2. The van der Waals surface area contributed by atoms with Gasteiger partial charge >= 0.3 is 11.4 Å². The van der Waals surface area contributed by atoms with Gasteiger partial charge in [0, 0.05) is 36.7 Å². The van der Waals surface area contributed by atoms with E-state index < -0.39 is 9.85 Å². The third-order valence-corrected chi connectivity index (χ3v) is 8.78.